The number of benzene rings is 2. The van der Waals surface area contributed by atoms with E-state index in [2.05, 4.69) is 10.5 Å². The zero-order valence-electron chi connectivity index (χ0n) is 15.7. The number of methoxy groups -OCH3 is 2. The van der Waals surface area contributed by atoms with Crippen LogP contribution in [0.4, 0.5) is 0 Å². The molecule has 0 saturated heterocycles. The molecule has 0 unspecified atom stereocenters. The van der Waals surface area contributed by atoms with Crippen molar-refractivity contribution in [3.63, 3.8) is 0 Å². The van der Waals surface area contributed by atoms with Gasteiger partial charge in [0.05, 0.1) is 30.9 Å². The monoisotopic (exact) mass is 410 g/mol. The summed E-state index contributed by atoms with van der Waals surface area (Å²) in [5.74, 6) is 0.478. The van der Waals surface area contributed by atoms with Gasteiger partial charge < -0.3 is 14.2 Å². The number of nitrogens with one attached hydrogen (secondary N) is 1. The predicted octanol–water partition coefficient (Wildman–Crippen LogP) is 3.75. The third kappa shape index (κ3) is 5.20. The number of ether oxygens (including phenoxy) is 3. The largest absolute Gasteiger partial charge is 0.497 e. The zero-order valence-corrected chi connectivity index (χ0v) is 16.6. The fraction of sp³-hybridized carbons (Fsp3) is 0.0952. The van der Waals surface area contributed by atoms with Gasteiger partial charge in [-0.2, -0.15) is 5.10 Å². The number of hydrazone groups is 1. The third-order valence-electron chi connectivity index (χ3n) is 3.84. The van der Waals surface area contributed by atoms with E-state index in [0.717, 1.165) is 0 Å². The Labute approximate surface area is 171 Å². The second-order valence-electron chi connectivity index (χ2n) is 5.70. The molecular weight excluding hydrogens is 392 g/mol. The molecule has 8 heteroatoms. The van der Waals surface area contributed by atoms with Crippen LogP contribution < -0.4 is 19.6 Å². The van der Waals surface area contributed by atoms with Crippen LogP contribution in [0.1, 0.15) is 25.6 Å². The van der Waals surface area contributed by atoms with Crippen LogP contribution in [0.5, 0.6) is 17.2 Å². The molecule has 0 fully saturated rings. The van der Waals surface area contributed by atoms with Crippen molar-refractivity contribution < 1.29 is 23.8 Å². The molecule has 0 aliphatic carbocycles. The van der Waals surface area contributed by atoms with E-state index in [-0.39, 0.29) is 11.7 Å². The summed E-state index contributed by atoms with van der Waals surface area (Å²) >= 11 is 1.33. The Bertz CT molecular complexity index is 1010. The van der Waals surface area contributed by atoms with Crippen LogP contribution in [0, 0.1) is 0 Å². The number of nitrogens with zero attached hydrogens (tertiary/aromatic N) is 1. The predicted molar refractivity (Wildman–Crippen MR) is 110 cm³/mol. The van der Waals surface area contributed by atoms with Crippen molar-refractivity contribution in [2.24, 2.45) is 5.10 Å². The third-order valence-corrected chi connectivity index (χ3v) is 4.71. The highest BCUT2D eigenvalue weighted by Gasteiger charge is 2.13. The fourth-order valence-electron chi connectivity index (χ4n) is 2.36. The van der Waals surface area contributed by atoms with E-state index in [1.807, 2.05) is 5.38 Å². The summed E-state index contributed by atoms with van der Waals surface area (Å²) in [6.07, 6.45) is 1.48. The molecule has 2 aromatic carbocycles. The molecule has 29 heavy (non-hydrogen) atoms. The minimum atomic E-state index is -0.518. The van der Waals surface area contributed by atoms with Crippen LogP contribution in [0.3, 0.4) is 0 Å². The van der Waals surface area contributed by atoms with Gasteiger partial charge in [-0.15, -0.1) is 11.3 Å². The van der Waals surface area contributed by atoms with Crippen LogP contribution in [-0.2, 0) is 0 Å². The number of hydrogen-bond acceptors (Lipinski definition) is 7. The number of amides is 1. The topological polar surface area (TPSA) is 86.2 Å². The van der Waals surface area contributed by atoms with Gasteiger partial charge in [0.25, 0.3) is 5.91 Å². The molecule has 3 rings (SSSR count). The molecule has 0 atom stereocenters. The summed E-state index contributed by atoms with van der Waals surface area (Å²) in [6.45, 7) is 0. The van der Waals surface area contributed by atoms with E-state index in [1.54, 1.807) is 61.7 Å². The SMILES string of the molecule is COc1ccc(C(=O)Oc2ccc(/C=N/NC(=O)c3cccs3)cc2OC)cc1. The lowest BCUT2D eigenvalue weighted by molar-refractivity contribution is 0.0729. The van der Waals surface area contributed by atoms with Gasteiger partial charge in [0.15, 0.2) is 11.5 Å². The number of rotatable bonds is 7. The molecule has 0 saturated carbocycles. The van der Waals surface area contributed by atoms with Gasteiger partial charge in [-0.25, -0.2) is 10.2 Å². The van der Waals surface area contributed by atoms with Gasteiger partial charge in [0.2, 0.25) is 0 Å². The van der Waals surface area contributed by atoms with Gasteiger partial charge in [-0.05, 0) is 59.5 Å². The summed E-state index contributed by atoms with van der Waals surface area (Å²) < 4.78 is 15.8. The Morgan fingerprint density at radius 3 is 2.45 bits per heavy atom. The smallest absolute Gasteiger partial charge is 0.343 e. The number of carbonyl (C=O) groups is 2. The molecule has 0 radical (unpaired) electrons. The maximum atomic E-state index is 12.3. The minimum Gasteiger partial charge on any atom is -0.497 e. The zero-order chi connectivity index (χ0) is 20.6. The Morgan fingerprint density at radius 2 is 1.79 bits per heavy atom. The molecular formula is C21H18N2O5S. The van der Waals surface area contributed by atoms with Crippen LogP contribution in [-0.4, -0.2) is 32.3 Å². The molecule has 0 aliphatic rings. The number of esters is 1. The van der Waals surface area contributed by atoms with Crippen LogP contribution in [0.15, 0.2) is 65.1 Å². The van der Waals surface area contributed by atoms with Crippen molar-refractivity contribution in [2.75, 3.05) is 14.2 Å². The first-order valence-corrected chi connectivity index (χ1v) is 9.40. The van der Waals surface area contributed by atoms with Crippen molar-refractivity contribution in [1.82, 2.24) is 5.43 Å². The summed E-state index contributed by atoms with van der Waals surface area (Å²) in [6, 6.07) is 15.0. The van der Waals surface area contributed by atoms with E-state index in [4.69, 9.17) is 14.2 Å². The molecule has 7 nitrogen and oxygen atoms in total. The highest BCUT2D eigenvalue weighted by molar-refractivity contribution is 7.12. The van der Waals surface area contributed by atoms with Gasteiger partial charge in [0, 0.05) is 0 Å². The summed E-state index contributed by atoms with van der Waals surface area (Å²) in [7, 11) is 3.02. The highest BCUT2D eigenvalue weighted by Crippen LogP contribution is 2.28. The fourth-order valence-corrected chi connectivity index (χ4v) is 2.98. The second-order valence-corrected chi connectivity index (χ2v) is 6.65. The number of hydrogen-bond donors (Lipinski definition) is 1. The van der Waals surface area contributed by atoms with Gasteiger partial charge in [-0.3, -0.25) is 4.79 Å². The molecule has 3 aromatic rings. The van der Waals surface area contributed by atoms with Gasteiger partial charge in [-0.1, -0.05) is 6.07 Å². The van der Waals surface area contributed by atoms with Gasteiger partial charge in [0.1, 0.15) is 5.75 Å². The first-order valence-electron chi connectivity index (χ1n) is 8.52. The van der Waals surface area contributed by atoms with Crippen molar-refractivity contribution >= 4 is 29.4 Å². The van der Waals surface area contributed by atoms with E-state index < -0.39 is 5.97 Å². The normalized spacial score (nSPS) is 10.6. The first kappa shape index (κ1) is 20.1. The summed E-state index contributed by atoms with van der Waals surface area (Å²) in [4.78, 5) is 24.8. The van der Waals surface area contributed by atoms with Crippen molar-refractivity contribution in [3.8, 4) is 17.2 Å². The van der Waals surface area contributed by atoms with Crippen molar-refractivity contribution in [3.05, 3.63) is 76.0 Å². The van der Waals surface area contributed by atoms with E-state index in [9.17, 15) is 9.59 Å². The summed E-state index contributed by atoms with van der Waals surface area (Å²) in [5, 5.41) is 5.75. The minimum absolute atomic E-state index is 0.271. The van der Waals surface area contributed by atoms with Crippen molar-refractivity contribution in [1.29, 1.82) is 0 Å². The average molecular weight is 410 g/mol. The van der Waals surface area contributed by atoms with E-state index in [0.29, 0.717) is 27.5 Å². The molecule has 0 bridgehead atoms. The second kappa shape index (κ2) is 9.52. The van der Waals surface area contributed by atoms with E-state index in [1.165, 1.54) is 24.7 Å². The van der Waals surface area contributed by atoms with Crippen LogP contribution >= 0.6 is 11.3 Å². The Hall–Kier alpha value is -3.65. The Kier molecular flexibility index (Phi) is 6.59. The van der Waals surface area contributed by atoms with Crippen LogP contribution in [0.2, 0.25) is 0 Å². The molecule has 148 valence electrons. The standard InChI is InChI=1S/C21H18N2O5S/c1-26-16-8-6-15(7-9-16)21(25)28-17-10-5-14(12-18(17)27-2)13-22-23-20(24)19-4-3-11-29-19/h3-13H,1-2H3,(H,23,24)/b22-13+. The maximum Gasteiger partial charge on any atom is 0.343 e. The first-order chi connectivity index (χ1) is 14.1. The number of carbonyl (C=O) groups excluding carboxylic acids is 2. The lowest BCUT2D eigenvalue weighted by atomic mass is 10.2. The lowest BCUT2D eigenvalue weighted by Gasteiger charge is -2.10. The lowest BCUT2D eigenvalue weighted by Crippen LogP contribution is -2.16. The molecule has 0 aliphatic heterocycles. The molecule has 1 N–H and O–H groups in total. The average Bonchev–Trinajstić information content (AvgIpc) is 3.29. The maximum absolute atomic E-state index is 12.3. The van der Waals surface area contributed by atoms with Crippen LogP contribution in [0.25, 0.3) is 0 Å². The molecule has 1 heterocycles. The molecule has 0 spiro atoms. The number of thiophene rings is 1. The van der Waals surface area contributed by atoms with Crippen molar-refractivity contribution in [2.45, 2.75) is 0 Å². The highest BCUT2D eigenvalue weighted by atomic mass is 32.1. The molecule has 1 aromatic heterocycles. The van der Waals surface area contributed by atoms with E-state index >= 15 is 0 Å². The Morgan fingerprint density at radius 1 is 1.00 bits per heavy atom. The Balaban J connectivity index is 1.67. The van der Waals surface area contributed by atoms with Gasteiger partial charge >= 0.3 is 5.97 Å². The summed E-state index contributed by atoms with van der Waals surface area (Å²) in [5.41, 5.74) is 3.50. The quantitative estimate of drug-likeness (QED) is 0.277. The molecule has 1 amide bonds.